The van der Waals surface area contributed by atoms with Crippen molar-refractivity contribution >= 4 is 40.3 Å². The van der Waals surface area contributed by atoms with E-state index in [1.54, 1.807) is 6.07 Å². The van der Waals surface area contributed by atoms with Gasteiger partial charge < -0.3 is 16.8 Å². The summed E-state index contributed by atoms with van der Waals surface area (Å²) in [5.74, 6) is -0.664. The molecule has 2 rings (SSSR count). The minimum atomic E-state index is -0.664. The highest BCUT2D eigenvalue weighted by atomic mass is 35.5. The molecule has 20 heavy (non-hydrogen) atoms. The van der Waals surface area contributed by atoms with Crippen molar-refractivity contribution < 1.29 is 4.39 Å². The lowest BCUT2D eigenvalue weighted by molar-refractivity contribution is 0.629. The van der Waals surface area contributed by atoms with Crippen LogP contribution in [-0.4, -0.2) is 0 Å². The van der Waals surface area contributed by atoms with Gasteiger partial charge in [-0.15, -0.1) is 0 Å². The standard InChI is InChI=1S/C14H14Cl2FN3/c1-7(8-4-2-3-5-9(8)15)20-14-11(19)6-10(18)12(16)13(14)17/h2-7,20H,18-19H2,1H3. The van der Waals surface area contributed by atoms with Gasteiger partial charge >= 0.3 is 0 Å². The molecule has 0 saturated heterocycles. The summed E-state index contributed by atoms with van der Waals surface area (Å²) in [6.07, 6.45) is 0. The van der Waals surface area contributed by atoms with Crippen molar-refractivity contribution in [3.05, 3.63) is 51.8 Å². The molecule has 106 valence electrons. The van der Waals surface area contributed by atoms with Gasteiger partial charge in [0.1, 0.15) is 5.02 Å². The van der Waals surface area contributed by atoms with Gasteiger partial charge in [-0.3, -0.25) is 0 Å². The molecule has 0 spiro atoms. The number of nitrogens with one attached hydrogen (secondary N) is 1. The first-order valence-electron chi connectivity index (χ1n) is 5.95. The summed E-state index contributed by atoms with van der Waals surface area (Å²) in [7, 11) is 0. The number of rotatable bonds is 3. The Morgan fingerprint density at radius 1 is 1.15 bits per heavy atom. The third-order valence-corrected chi connectivity index (χ3v) is 3.73. The van der Waals surface area contributed by atoms with Gasteiger partial charge in [-0.05, 0) is 24.6 Å². The minimum Gasteiger partial charge on any atom is -0.397 e. The van der Waals surface area contributed by atoms with Gasteiger partial charge in [0.2, 0.25) is 0 Å². The van der Waals surface area contributed by atoms with Crippen molar-refractivity contribution in [3.63, 3.8) is 0 Å². The summed E-state index contributed by atoms with van der Waals surface area (Å²) in [5.41, 5.74) is 12.6. The Morgan fingerprint density at radius 2 is 1.80 bits per heavy atom. The molecule has 0 fully saturated rings. The third kappa shape index (κ3) is 2.76. The van der Waals surface area contributed by atoms with Crippen molar-refractivity contribution in [2.75, 3.05) is 16.8 Å². The zero-order chi connectivity index (χ0) is 14.9. The summed E-state index contributed by atoms with van der Waals surface area (Å²) >= 11 is 11.9. The van der Waals surface area contributed by atoms with Crippen LogP contribution in [0, 0.1) is 5.82 Å². The summed E-state index contributed by atoms with van der Waals surface area (Å²) in [4.78, 5) is 0. The Morgan fingerprint density at radius 3 is 2.45 bits per heavy atom. The van der Waals surface area contributed by atoms with Crippen LogP contribution in [0.2, 0.25) is 10.0 Å². The molecule has 6 heteroatoms. The molecule has 0 aromatic heterocycles. The van der Waals surface area contributed by atoms with E-state index in [4.69, 9.17) is 34.7 Å². The molecule has 0 saturated carbocycles. The fourth-order valence-electron chi connectivity index (χ4n) is 1.93. The molecule has 1 unspecified atom stereocenters. The molecule has 0 aliphatic heterocycles. The van der Waals surface area contributed by atoms with Crippen molar-refractivity contribution in [1.29, 1.82) is 0 Å². The Bertz CT molecular complexity index is 647. The van der Waals surface area contributed by atoms with Crippen molar-refractivity contribution in [2.24, 2.45) is 0 Å². The first kappa shape index (κ1) is 14.8. The lowest BCUT2D eigenvalue weighted by atomic mass is 10.1. The molecule has 0 amide bonds. The van der Waals surface area contributed by atoms with Crippen LogP contribution in [0.25, 0.3) is 0 Å². The van der Waals surface area contributed by atoms with Gasteiger partial charge in [-0.2, -0.15) is 0 Å². The molecule has 0 bridgehead atoms. The second kappa shape index (κ2) is 5.77. The van der Waals surface area contributed by atoms with Crippen LogP contribution >= 0.6 is 23.2 Å². The zero-order valence-corrected chi connectivity index (χ0v) is 12.3. The lowest BCUT2D eigenvalue weighted by Gasteiger charge is -2.19. The van der Waals surface area contributed by atoms with E-state index >= 15 is 0 Å². The maximum Gasteiger partial charge on any atom is 0.169 e. The Balaban J connectivity index is 2.36. The third-order valence-electron chi connectivity index (χ3n) is 3.00. The summed E-state index contributed by atoms with van der Waals surface area (Å²) in [5, 5.41) is 3.42. The quantitative estimate of drug-likeness (QED) is 0.732. The van der Waals surface area contributed by atoms with Crippen LogP contribution in [0.4, 0.5) is 21.5 Å². The molecule has 1 atom stereocenters. The van der Waals surface area contributed by atoms with Gasteiger partial charge in [0.15, 0.2) is 5.82 Å². The predicted octanol–water partition coefficient (Wildman–Crippen LogP) is 4.47. The first-order valence-corrected chi connectivity index (χ1v) is 6.71. The van der Waals surface area contributed by atoms with Gasteiger partial charge in [0.05, 0.1) is 23.1 Å². The average Bonchev–Trinajstić information content (AvgIpc) is 2.41. The van der Waals surface area contributed by atoms with Crippen LogP contribution in [0.3, 0.4) is 0 Å². The molecule has 0 aliphatic rings. The molecule has 2 aromatic carbocycles. The smallest absolute Gasteiger partial charge is 0.169 e. The fraction of sp³-hybridized carbons (Fsp3) is 0.143. The summed E-state index contributed by atoms with van der Waals surface area (Å²) in [6.45, 7) is 1.85. The van der Waals surface area contributed by atoms with Gasteiger partial charge in [0.25, 0.3) is 0 Å². The SMILES string of the molecule is CC(Nc1c(N)cc(N)c(Cl)c1F)c1ccccc1Cl. The number of hydrogen-bond acceptors (Lipinski definition) is 3. The normalized spacial score (nSPS) is 12.2. The van der Waals surface area contributed by atoms with E-state index in [0.717, 1.165) is 5.56 Å². The largest absolute Gasteiger partial charge is 0.397 e. The molecule has 5 N–H and O–H groups in total. The summed E-state index contributed by atoms with van der Waals surface area (Å²) < 4.78 is 14.1. The van der Waals surface area contributed by atoms with E-state index in [9.17, 15) is 4.39 Å². The number of anilines is 3. The lowest BCUT2D eigenvalue weighted by Crippen LogP contribution is -2.11. The van der Waals surface area contributed by atoms with Crippen LogP contribution < -0.4 is 16.8 Å². The average molecular weight is 314 g/mol. The highest BCUT2D eigenvalue weighted by molar-refractivity contribution is 6.33. The molecular formula is C14H14Cl2FN3. The first-order chi connectivity index (χ1) is 9.41. The van der Waals surface area contributed by atoms with E-state index in [-0.39, 0.29) is 28.1 Å². The molecule has 2 aromatic rings. The maximum absolute atomic E-state index is 14.1. The molecule has 0 aliphatic carbocycles. The van der Waals surface area contributed by atoms with E-state index in [1.807, 2.05) is 25.1 Å². The van der Waals surface area contributed by atoms with E-state index in [1.165, 1.54) is 6.07 Å². The molecule has 0 radical (unpaired) electrons. The number of halogens is 3. The van der Waals surface area contributed by atoms with Crippen LogP contribution in [0.1, 0.15) is 18.5 Å². The monoisotopic (exact) mass is 313 g/mol. The predicted molar refractivity (Wildman–Crippen MR) is 83.7 cm³/mol. The Hall–Kier alpha value is -1.65. The fourth-order valence-corrected chi connectivity index (χ4v) is 2.38. The van der Waals surface area contributed by atoms with E-state index < -0.39 is 5.82 Å². The van der Waals surface area contributed by atoms with E-state index in [2.05, 4.69) is 5.32 Å². The number of benzene rings is 2. The maximum atomic E-state index is 14.1. The van der Waals surface area contributed by atoms with Crippen LogP contribution in [0.15, 0.2) is 30.3 Å². The van der Waals surface area contributed by atoms with Crippen LogP contribution in [0.5, 0.6) is 0 Å². The molecule has 3 nitrogen and oxygen atoms in total. The Labute approximate surface area is 126 Å². The number of nitrogen functional groups attached to an aromatic ring is 2. The van der Waals surface area contributed by atoms with Gasteiger partial charge in [0, 0.05) is 5.02 Å². The van der Waals surface area contributed by atoms with Crippen molar-refractivity contribution in [2.45, 2.75) is 13.0 Å². The molecule has 0 heterocycles. The highest BCUT2D eigenvalue weighted by Crippen LogP contribution is 2.36. The van der Waals surface area contributed by atoms with Crippen LogP contribution in [-0.2, 0) is 0 Å². The highest BCUT2D eigenvalue weighted by Gasteiger charge is 2.17. The van der Waals surface area contributed by atoms with E-state index in [0.29, 0.717) is 5.02 Å². The summed E-state index contributed by atoms with van der Waals surface area (Å²) in [6, 6.07) is 8.49. The second-order valence-corrected chi connectivity index (χ2v) is 5.23. The second-order valence-electron chi connectivity index (χ2n) is 4.45. The minimum absolute atomic E-state index is 0.109. The van der Waals surface area contributed by atoms with Crippen molar-refractivity contribution in [1.82, 2.24) is 0 Å². The zero-order valence-electron chi connectivity index (χ0n) is 10.8. The van der Waals surface area contributed by atoms with Gasteiger partial charge in [-0.25, -0.2) is 4.39 Å². The topological polar surface area (TPSA) is 64.1 Å². The number of hydrogen-bond donors (Lipinski definition) is 3. The van der Waals surface area contributed by atoms with Crippen molar-refractivity contribution in [3.8, 4) is 0 Å². The van der Waals surface area contributed by atoms with Gasteiger partial charge in [-0.1, -0.05) is 41.4 Å². The number of nitrogens with two attached hydrogens (primary N) is 2. The molecular weight excluding hydrogens is 300 g/mol. The Kier molecular flexibility index (Phi) is 4.26.